The molecule has 7 rings (SSSR count). The third kappa shape index (κ3) is 4.30. The molecule has 2 unspecified atom stereocenters. The van der Waals surface area contributed by atoms with E-state index in [0.717, 1.165) is 81.7 Å². The molecule has 3 atom stereocenters. The van der Waals surface area contributed by atoms with Gasteiger partial charge in [0.25, 0.3) is 0 Å². The summed E-state index contributed by atoms with van der Waals surface area (Å²) in [7, 11) is 2.17. The Bertz CT molecular complexity index is 1460. The lowest BCUT2D eigenvalue weighted by atomic mass is 9.98. The number of aromatic nitrogens is 3. The average molecular weight is 514 g/mol. The molecule has 37 heavy (non-hydrogen) atoms. The van der Waals surface area contributed by atoms with Crippen molar-refractivity contribution in [3.8, 4) is 17.3 Å². The van der Waals surface area contributed by atoms with Gasteiger partial charge in [0.05, 0.1) is 16.6 Å². The second-order valence-electron chi connectivity index (χ2n) is 11.1. The van der Waals surface area contributed by atoms with Crippen LogP contribution >= 0.6 is 11.6 Å². The Labute approximate surface area is 222 Å². The van der Waals surface area contributed by atoms with Gasteiger partial charge in [-0.2, -0.15) is 9.97 Å². The lowest BCUT2D eigenvalue weighted by Crippen LogP contribution is -2.37. The Balaban J connectivity index is 1.32. The Hall–Kier alpha value is -2.96. The van der Waals surface area contributed by atoms with Gasteiger partial charge in [-0.15, -0.1) is 0 Å². The summed E-state index contributed by atoms with van der Waals surface area (Å²) in [5, 5.41) is 3.83. The smallest absolute Gasteiger partial charge is 0.319 e. The van der Waals surface area contributed by atoms with Crippen LogP contribution in [0.5, 0.6) is 6.01 Å². The minimum absolute atomic E-state index is 0.416. The number of likely N-dealkylation sites (tertiary alicyclic amines) is 1. The third-order valence-corrected chi connectivity index (χ3v) is 8.97. The van der Waals surface area contributed by atoms with Crippen LogP contribution in [0.2, 0.25) is 5.02 Å². The van der Waals surface area contributed by atoms with Gasteiger partial charge in [-0.3, -0.25) is 4.98 Å². The highest BCUT2D eigenvalue weighted by Crippen LogP contribution is 2.40. The summed E-state index contributed by atoms with van der Waals surface area (Å²) in [4.78, 5) is 19.6. The van der Waals surface area contributed by atoms with Crippen LogP contribution in [0.4, 0.5) is 5.82 Å². The highest BCUT2D eigenvalue weighted by molar-refractivity contribution is 6.36. The number of fused-ring (bicyclic) bond motifs is 4. The molecule has 190 valence electrons. The Morgan fingerprint density at radius 1 is 1.03 bits per heavy atom. The zero-order valence-electron chi connectivity index (χ0n) is 21.2. The summed E-state index contributed by atoms with van der Waals surface area (Å²) < 4.78 is 6.27. The molecular formula is C30H32ClN5O. The van der Waals surface area contributed by atoms with Gasteiger partial charge in [0, 0.05) is 41.3 Å². The predicted molar refractivity (Wildman–Crippen MR) is 149 cm³/mol. The normalized spacial score (nSPS) is 23.8. The van der Waals surface area contributed by atoms with E-state index >= 15 is 0 Å². The molecule has 2 aromatic carbocycles. The number of benzene rings is 2. The van der Waals surface area contributed by atoms with Crippen LogP contribution in [0.1, 0.15) is 32.1 Å². The molecular weight excluding hydrogens is 482 g/mol. The van der Waals surface area contributed by atoms with Crippen LogP contribution in [-0.4, -0.2) is 59.2 Å². The molecule has 2 saturated heterocycles. The molecule has 2 aliphatic heterocycles. The molecule has 1 aliphatic carbocycles. The highest BCUT2D eigenvalue weighted by Gasteiger charge is 2.34. The SMILES string of the molecule is CN1CCC[C@H]1COc1nc(N2CC3CCC(C3)C2)c2cnc(-c3cccc4cccc(Cl)c34)cc2n1. The van der Waals surface area contributed by atoms with Crippen molar-refractivity contribution in [2.75, 3.05) is 38.2 Å². The molecule has 4 heterocycles. The molecule has 3 fully saturated rings. The van der Waals surface area contributed by atoms with Crippen molar-refractivity contribution < 1.29 is 4.74 Å². The number of hydrogen-bond donors (Lipinski definition) is 0. The monoisotopic (exact) mass is 513 g/mol. The quantitative estimate of drug-likeness (QED) is 0.316. The average Bonchev–Trinajstić information content (AvgIpc) is 3.49. The first-order valence-electron chi connectivity index (χ1n) is 13.6. The maximum atomic E-state index is 6.65. The van der Waals surface area contributed by atoms with Crippen molar-refractivity contribution in [1.82, 2.24) is 19.9 Å². The molecule has 0 radical (unpaired) electrons. The number of pyridine rings is 1. The first-order chi connectivity index (χ1) is 18.1. The van der Waals surface area contributed by atoms with Crippen molar-refractivity contribution in [2.24, 2.45) is 11.8 Å². The molecule has 7 heteroatoms. The summed E-state index contributed by atoms with van der Waals surface area (Å²) in [6, 6.07) is 15.2. The van der Waals surface area contributed by atoms with Crippen molar-refractivity contribution in [3.63, 3.8) is 0 Å². The summed E-state index contributed by atoms with van der Waals surface area (Å²) in [6.07, 6.45) is 8.31. The van der Waals surface area contributed by atoms with E-state index < -0.39 is 0 Å². The molecule has 3 aliphatic rings. The first-order valence-corrected chi connectivity index (χ1v) is 13.9. The van der Waals surface area contributed by atoms with Gasteiger partial charge in [-0.05, 0) is 75.1 Å². The number of ether oxygens (including phenoxy) is 1. The first kappa shape index (κ1) is 23.2. The van der Waals surface area contributed by atoms with Crippen LogP contribution in [-0.2, 0) is 0 Å². The van der Waals surface area contributed by atoms with Crippen molar-refractivity contribution >= 4 is 39.1 Å². The molecule has 0 N–H and O–H groups in total. The lowest BCUT2D eigenvalue weighted by molar-refractivity contribution is 0.188. The van der Waals surface area contributed by atoms with E-state index in [0.29, 0.717) is 18.7 Å². The number of rotatable bonds is 5. The van der Waals surface area contributed by atoms with E-state index in [-0.39, 0.29) is 0 Å². The summed E-state index contributed by atoms with van der Waals surface area (Å²) in [5.41, 5.74) is 2.74. The van der Waals surface area contributed by atoms with Crippen molar-refractivity contribution in [1.29, 1.82) is 0 Å². The van der Waals surface area contributed by atoms with Gasteiger partial charge in [-0.25, -0.2) is 0 Å². The van der Waals surface area contributed by atoms with Gasteiger partial charge >= 0.3 is 6.01 Å². The summed E-state index contributed by atoms with van der Waals surface area (Å²) in [6.45, 7) is 3.84. The maximum Gasteiger partial charge on any atom is 0.319 e. The topological polar surface area (TPSA) is 54.4 Å². The number of halogens is 1. The van der Waals surface area contributed by atoms with Gasteiger partial charge in [-0.1, -0.05) is 41.9 Å². The molecule has 6 nitrogen and oxygen atoms in total. The fourth-order valence-electron chi connectivity index (χ4n) is 6.69. The fourth-order valence-corrected chi connectivity index (χ4v) is 6.98. The minimum Gasteiger partial charge on any atom is -0.462 e. The van der Waals surface area contributed by atoms with Gasteiger partial charge in [0.15, 0.2) is 0 Å². The Kier molecular flexibility index (Phi) is 5.89. The second kappa shape index (κ2) is 9.41. The minimum atomic E-state index is 0.416. The number of likely N-dealkylation sites (N-methyl/N-ethyl adjacent to an activating group) is 1. The molecule has 1 saturated carbocycles. The van der Waals surface area contributed by atoms with Crippen LogP contribution in [0, 0.1) is 11.8 Å². The molecule has 2 aromatic heterocycles. The Morgan fingerprint density at radius 2 is 1.84 bits per heavy atom. The molecule has 4 aromatic rings. The molecule has 2 bridgehead atoms. The van der Waals surface area contributed by atoms with Crippen molar-refractivity contribution in [3.05, 3.63) is 53.7 Å². The van der Waals surface area contributed by atoms with Crippen LogP contribution < -0.4 is 9.64 Å². The predicted octanol–water partition coefficient (Wildman–Crippen LogP) is 6.21. The van der Waals surface area contributed by atoms with E-state index in [1.165, 1.54) is 25.7 Å². The second-order valence-corrected chi connectivity index (χ2v) is 11.5. The maximum absolute atomic E-state index is 6.65. The third-order valence-electron chi connectivity index (χ3n) is 8.65. The standard InChI is InChI=1S/C30H32ClN5O/c1-35-12-4-7-22(35)18-37-30-33-27-14-26(23-8-2-5-21-6-3-9-25(31)28(21)23)32-15-24(27)29(34-30)36-16-19-10-11-20(13-19)17-36/h2-3,5-6,8-9,14-15,19-20,22H,4,7,10-13,16-18H2,1H3/t19?,20?,22-/m0/s1. The summed E-state index contributed by atoms with van der Waals surface area (Å²) in [5.74, 6) is 2.47. The Morgan fingerprint density at radius 3 is 2.62 bits per heavy atom. The van der Waals surface area contributed by atoms with Gasteiger partial charge in [0.2, 0.25) is 0 Å². The molecule has 0 amide bonds. The highest BCUT2D eigenvalue weighted by atomic mass is 35.5. The zero-order valence-corrected chi connectivity index (χ0v) is 22.0. The fraction of sp³-hybridized carbons (Fsp3) is 0.433. The van der Waals surface area contributed by atoms with Gasteiger partial charge in [0.1, 0.15) is 12.4 Å². The van der Waals surface area contributed by atoms with E-state index in [1.54, 1.807) is 0 Å². The number of piperidine rings is 1. The molecule has 0 spiro atoms. The number of anilines is 1. The van der Waals surface area contributed by atoms with E-state index in [2.05, 4.69) is 47.2 Å². The van der Waals surface area contributed by atoms with Crippen molar-refractivity contribution in [2.45, 2.75) is 38.1 Å². The number of hydrogen-bond acceptors (Lipinski definition) is 6. The van der Waals surface area contributed by atoms with E-state index in [4.69, 9.17) is 31.3 Å². The van der Waals surface area contributed by atoms with Gasteiger partial charge < -0.3 is 14.5 Å². The number of nitrogens with zero attached hydrogens (tertiary/aromatic N) is 5. The lowest BCUT2D eigenvalue weighted by Gasteiger charge is -2.33. The van der Waals surface area contributed by atoms with Crippen LogP contribution in [0.25, 0.3) is 32.9 Å². The van der Waals surface area contributed by atoms with E-state index in [9.17, 15) is 0 Å². The zero-order chi connectivity index (χ0) is 24.9. The summed E-state index contributed by atoms with van der Waals surface area (Å²) >= 11 is 6.65. The largest absolute Gasteiger partial charge is 0.462 e. The van der Waals surface area contributed by atoms with Crippen LogP contribution in [0.3, 0.4) is 0 Å². The van der Waals surface area contributed by atoms with Crippen LogP contribution in [0.15, 0.2) is 48.7 Å². The van der Waals surface area contributed by atoms with E-state index in [1.807, 2.05) is 18.3 Å².